The number of benzene rings is 3. The predicted molar refractivity (Wildman–Crippen MR) is 137 cm³/mol. The van der Waals surface area contributed by atoms with Crippen LogP contribution in [0.3, 0.4) is 0 Å². The highest BCUT2D eigenvalue weighted by atomic mass is 35.5. The molecular weight excluding hydrogens is 500 g/mol. The number of allylic oxidation sites excluding steroid dienone is 1. The Morgan fingerprint density at radius 3 is 1.76 bits per heavy atom. The van der Waals surface area contributed by atoms with Crippen molar-refractivity contribution in [2.75, 3.05) is 5.88 Å². The number of carboxylic acids is 3. The Morgan fingerprint density at radius 1 is 0.784 bits per heavy atom. The number of rotatable bonds is 12. The summed E-state index contributed by atoms with van der Waals surface area (Å²) in [5.41, 5.74) is 1.35. The van der Waals surface area contributed by atoms with Crippen LogP contribution >= 0.6 is 11.6 Å². The molecule has 8 nitrogen and oxygen atoms in total. The van der Waals surface area contributed by atoms with Crippen LogP contribution in [0.4, 0.5) is 0 Å². The van der Waals surface area contributed by atoms with Crippen LogP contribution in [0, 0.1) is 0 Å². The maximum Gasteiger partial charge on any atom is 0.348 e. The summed E-state index contributed by atoms with van der Waals surface area (Å²) in [5, 5.41) is 38.3. The third-order valence-electron chi connectivity index (χ3n) is 5.68. The Balaban J connectivity index is 2.07. The number of halogens is 1. The van der Waals surface area contributed by atoms with Gasteiger partial charge in [0.15, 0.2) is 0 Å². The molecule has 0 radical (unpaired) electrons. The van der Waals surface area contributed by atoms with Gasteiger partial charge in [0.1, 0.15) is 5.75 Å². The van der Waals surface area contributed by atoms with Gasteiger partial charge in [-0.15, -0.1) is 11.6 Å². The third kappa shape index (κ3) is 6.55. The van der Waals surface area contributed by atoms with Gasteiger partial charge in [-0.2, -0.15) is 0 Å². The zero-order valence-electron chi connectivity index (χ0n) is 19.6. The SMILES string of the molecule is O=C(O)CC(O)(C(=O)O)C(Oc1ccc(C(=C(CCCl)c2ccccc2)c2ccccc2)cc1)C(=O)O. The van der Waals surface area contributed by atoms with Crippen molar-refractivity contribution in [2.24, 2.45) is 0 Å². The van der Waals surface area contributed by atoms with Crippen LogP contribution in [0.25, 0.3) is 11.1 Å². The van der Waals surface area contributed by atoms with E-state index in [0.717, 1.165) is 27.8 Å². The first-order valence-electron chi connectivity index (χ1n) is 11.2. The van der Waals surface area contributed by atoms with Crippen molar-refractivity contribution in [2.45, 2.75) is 24.5 Å². The van der Waals surface area contributed by atoms with E-state index in [1.807, 2.05) is 60.7 Å². The third-order valence-corrected chi connectivity index (χ3v) is 5.87. The van der Waals surface area contributed by atoms with E-state index in [1.165, 1.54) is 12.1 Å². The van der Waals surface area contributed by atoms with Gasteiger partial charge in [0, 0.05) is 5.88 Å². The fourth-order valence-corrected chi connectivity index (χ4v) is 4.16. The van der Waals surface area contributed by atoms with E-state index in [2.05, 4.69) is 0 Å². The first-order chi connectivity index (χ1) is 17.7. The summed E-state index contributed by atoms with van der Waals surface area (Å²) in [7, 11) is 0. The number of hydrogen-bond donors (Lipinski definition) is 4. The lowest BCUT2D eigenvalue weighted by Crippen LogP contribution is -2.57. The van der Waals surface area contributed by atoms with Gasteiger partial charge in [-0.05, 0) is 46.4 Å². The first-order valence-corrected chi connectivity index (χ1v) is 11.8. The van der Waals surface area contributed by atoms with Crippen molar-refractivity contribution in [3.63, 3.8) is 0 Å². The summed E-state index contributed by atoms with van der Waals surface area (Å²) in [5.74, 6) is -5.23. The van der Waals surface area contributed by atoms with Crippen molar-refractivity contribution < 1.29 is 39.5 Å². The molecule has 0 aliphatic heterocycles. The van der Waals surface area contributed by atoms with Crippen molar-refractivity contribution in [1.29, 1.82) is 0 Å². The molecule has 9 heteroatoms. The quantitative estimate of drug-likeness (QED) is 0.202. The fourth-order valence-electron chi connectivity index (χ4n) is 3.97. The van der Waals surface area contributed by atoms with Gasteiger partial charge in [-0.3, -0.25) is 4.79 Å². The van der Waals surface area contributed by atoms with Crippen molar-refractivity contribution in [3.8, 4) is 5.75 Å². The first kappa shape index (κ1) is 27.4. The highest BCUT2D eigenvalue weighted by molar-refractivity contribution is 6.18. The summed E-state index contributed by atoms with van der Waals surface area (Å²) in [6.07, 6.45) is -3.17. The van der Waals surface area contributed by atoms with E-state index in [1.54, 1.807) is 12.1 Å². The minimum Gasteiger partial charge on any atom is -0.481 e. The standard InChI is InChI=1S/C28H25ClO8/c29-16-15-22(18-7-3-1-4-8-18)24(19-9-5-2-6-10-19)20-11-13-21(14-12-20)37-25(26(32)33)28(36,27(34)35)17-23(30)31/h1-14,25,36H,15-17H2,(H,30,31)(H,32,33)(H,34,35). The molecule has 0 aliphatic rings. The zero-order chi connectivity index (χ0) is 27.0. The summed E-state index contributed by atoms with van der Waals surface area (Å²) >= 11 is 6.16. The molecule has 0 bridgehead atoms. The molecule has 0 heterocycles. The number of aliphatic hydroxyl groups is 1. The van der Waals surface area contributed by atoms with Gasteiger partial charge in [-0.1, -0.05) is 72.8 Å². The minimum atomic E-state index is -3.19. The largest absolute Gasteiger partial charge is 0.481 e. The van der Waals surface area contributed by atoms with E-state index >= 15 is 0 Å². The maximum absolute atomic E-state index is 11.8. The van der Waals surface area contributed by atoms with Crippen molar-refractivity contribution in [1.82, 2.24) is 0 Å². The molecule has 3 aromatic carbocycles. The minimum absolute atomic E-state index is 0.0628. The summed E-state index contributed by atoms with van der Waals surface area (Å²) in [6.45, 7) is 0. The molecule has 2 unspecified atom stereocenters. The lowest BCUT2D eigenvalue weighted by molar-refractivity contribution is -0.184. The van der Waals surface area contributed by atoms with Gasteiger partial charge in [0.25, 0.3) is 0 Å². The average Bonchev–Trinajstić information content (AvgIpc) is 2.88. The van der Waals surface area contributed by atoms with Crippen LogP contribution < -0.4 is 4.74 Å². The van der Waals surface area contributed by atoms with Gasteiger partial charge in [-0.25, -0.2) is 9.59 Å². The molecule has 37 heavy (non-hydrogen) atoms. The number of carboxylic acid groups (broad SMARTS) is 3. The molecule has 4 N–H and O–H groups in total. The predicted octanol–water partition coefficient (Wildman–Crippen LogP) is 4.40. The Morgan fingerprint density at radius 2 is 1.30 bits per heavy atom. The summed E-state index contributed by atoms with van der Waals surface area (Å²) in [6, 6.07) is 25.6. The van der Waals surface area contributed by atoms with Crippen LogP contribution in [-0.4, -0.2) is 55.9 Å². The monoisotopic (exact) mass is 524 g/mol. The van der Waals surface area contributed by atoms with Crippen molar-refractivity contribution in [3.05, 3.63) is 102 Å². The van der Waals surface area contributed by atoms with Crippen LogP contribution in [0.15, 0.2) is 84.9 Å². The fraction of sp³-hybridized carbons (Fsp3) is 0.179. The van der Waals surface area contributed by atoms with E-state index in [0.29, 0.717) is 12.3 Å². The summed E-state index contributed by atoms with van der Waals surface area (Å²) < 4.78 is 5.31. The molecule has 0 saturated heterocycles. The van der Waals surface area contributed by atoms with Gasteiger partial charge < -0.3 is 25.2 Å². The summed E-state index contributed by atoms with van der Waals surface area (Å²) in [4.78, 5) is 34.4. The van der Waals surface area contributed by atoms with E-state index in [9.17, 15) is 29.7 Å². The van der Waals surface area contributed by atoms with E-state index < -0.39 is 36.0 Å². The van der Waals surface area contributed by atoms with E-state index in [-0.39, 0.29) is 5.75 Å². The van der Waals surface area contributed by atoms with E-state index in [4.69, 9.17) is 21.4 Å². The number of alkyl halides is 1. The molecule has 0 saturated carbocycles. The normalized spacial score (nSPS) is 14.1. The second-order valence-corrected chi connectivity index (χ2v) is 8.56. The zero-order valence-corrected chi connectivity index (χ0v) is 20.3. The molecule has 0 amide bonds. The lowest BCUT2D eigenvalue weighted by atomic mass is 9.88. The Hall–Kier alpha value is -4.14. The Kier molecular flexibility index (Phi) is 9.05. The molecule has 0 fully saturated rings. The highest BCUT2D eigenvalue weighted by Crippen LogP contribution is 2.35. The maximum atomic E-state index is 11.8. The molecule has 3 rings (SSSR count). The molecule has 0 aromatic heterocycles. The Labute approximate surface area is 218 Å². The number of carbonyl (C=O) groups is 3. The number of ether oxygens (including phenoxy) is 1. The van der Waals surface area contributed by atoms with Crippen LogP contribution in [0.2, 0.25) is 0 Å². The molecule has 0 spiro atoms. The van der Waals surface area contributed by atoms with Gasteiger partial charge in [0.2, 0.25) is 11.7 Å². The highest BCUT2D eigenvalue weighted by Gasteiger charge is 2.52. The van der Waals surface area contributed by atoms with Crippen molar-refractivity contribution >= 4 is 40.7 Å². The lowest BCUT2D eigenvalue weighted by Gasteiger charge is -2.28. The number of hydrogen-bond acceptors (Lipinski definition) is 5. The second kappa shape index (κ2) is 12.2. The molecular formula is C28H25ClO8. The van der Waals surface area contributed by atoms with Crippen LogP contribution in [0.1, 0.15) is 29.5 Å². The average molecular weight is 525 g/mol. The van der Waals surface area contributed by atoms with Gasteiger partial charge >= 0.3 is 17.9 Å². The van der Waals surface area contributed by atoms with Gasteiger partial charge in [0.05, 0.1) is 6.42 Å². The molecule has 2 atom stereocenters. The molecule has 3 aromatic rings. The molecule has 0 aliphatic carbocycles. The topological polar surface area (TPSA) is 141 Å². The van der Waals surface area contributed by atoms with Crippen LogP contribution in [-0.2, 0) is 14.4 Å². The molecule has 192 valence electrons. The number of aliphatic carboxylic acids is 3. The van der Waals surface area contributed by atoms with Crippen LogP contribution in [0.5, 0.6) is 5.75 Å². The second-order valence-electron chi connectivity index (χ2n) is 8.19. The smallest absolute Gasteiger partial charge is 0.348 e. The Bertz CT molecular complexity index is 1270.